The molecular formula is C29H34N6O8S. The van der Waals surface area contributed by atoms with Crippen molar-refractivity contribution in [1.82, 2.24) is 24.1 Å². The van der Waals surface area contributed by atoms with Gasteiger partial charge in [-0.15, -0.1) is 0 Å². The normalized spacial score (nSPS) is 20.6. The zero-order chi connectivity index (χ0) is 31.1. The van der Waals surface area contributed by atoms with E-state index >= 15 is 0 Å². The summed E-state index contributed by atoms with van der Waals surface area (Å²) in [5.74, 6) is -1.17. The molecule has 0 spiro atoms. The summed E-state index contributed by atoms with van der Waals surface area (Å²) in [6.07, 6.45) is 6.00. The van der Waals surface area contributed by atoms with Crippen LogP contribution >= 0.6 is 0 Å². The summed E-state index contributed by atoms with van der Waals surface area (Å²) in [7, 11) is -3.93. The summed E-state index contributed by atoms with van der Waals surface area (Å²) >= 11 is 0. The van der Waals surface area contributed by atoms with Crippen molar-refractivity contribution in [3.05, 3.63) is 47.8 Å². The lowest BCUT2D eigenvalue weighted by molar-refractivity contribution is -0.120. The summed E-state index contributed by atoms with van der Waals surface area (Å²) in [5, 5.41) is 0. The number of ether oxygens (including phenoxy) is 2. The first kappa shape index (κ1) is 29.9. The maximum absolute atomic E-state index is 13.0. The summed E-state index contributed by atoms with van der Waals surface area (Å²) in [5.41, 5.74) is 0.210. The molecule has 15 heteroatoms. The number of rotatable bonds is 9. The van der Waals surface area contributed by atoms with Crippen molar-refractivity contribution in [3.8, 4) is 5.88 Å². The third-order valence-electron chi connectivity index (χ3n) is 8.55. The lowest BCUT2D eigenvalue weighted by Gasteiger charge is -2.33. The fourth-order valence-electron chi connectivity index (χ4n) is 5.47. The minimum Gasteiger partial charge on any atom is -0.476 e. The maximum atomic E-state index is 13.0. The van der Waals surface area contributed by atoms with Crippen LogP contribution in [0.4, 0.5) is 10.6 Å². The average Bonchev–Trinajstić information content (AvgIpc) is 3.70. The van der Waals surface area contributed by atoms with E-state index in [0.29, 0.717) is 25.6 Å². The van der Waals surface area contributed by atoms with E-state index in [1.807, 2.05) is 6.92 Å². The smallest absolute Gasteiger partial charge is 0.410 e. The molecule has 1 aliphatic carbocycles. The quantitative estimate of drug-likeness (QED) is 0.374. The van der Waals surface area contributed by atoms with Gasteiger partial charge in [0.15, 0.2) is 5.82 Å². The molecule has 3 fully saturated rings. The Morgan fingerprint density at radius 1 is 0.977 bits per heavy atom. The van der Waals surface area contributed by atoms with Crippen molar-refractivity contribution >= 4 is 39.7 Å². The summed E-state index contributed by atoms with van der Waals surface area (Å²) in [6.45, 7) is 2.99. The van der Waals surface area contributed by atoms with Crippen molar-refractivity contribution in [2.75, 3.05) is 56.5 Å². The summed E-state index contributed by atoms with van der Waals surface area (Å²) in [6, 6.07) is 6.35. The molecule has 4 aliphatic rings. The topological polar surface area (TPSA) is 160 Å². The Morgan fingerprint density at radius 3 is 2.25 bits per heavy atom. The molecule has 1 aromatic heterocycles. The summed E-state index contributed by atoms with van der Waals surface area (Å²) in [4.78, 5) is 62.9. The van der Waals surface area contributed by atoms with Crippen LogP contribution in [0.3, 0.4) is 0 Å². The van der Waals surface area contributed by atoms with Crippen molar-refractivity contribution in [2.45, 2.75) is 38.2 Å². The number of anilines is 1. The lowest BCUT2D eigenvalue weighted by atomic mass is 9.98. The molecule has 2 saturated heterocycles. The number of likely N-dealkylation sites (tertiary alicyclic amines) is 1. The molecule has 4 heterocycles. The molecule has 1 aromatic carbocycles. The molecule has 234 valence electrons. The van der Waals surface area contributed by atoms with Crippen LogP contribution in [0.5, 0.6) is 5.88 Å². The molecule has 0 bridgehead atoms. The number of imide groups is 1. The number of sulfonamides is 1. The average molecular weight is 627 g/mol. The first-order valence-corrected chi connectivity index (χ1v) is 16.3. The van der Waals surface area contributed by atoms with Gasteiger partial charge in [-0.25, -0.2) is 23.2 Å². The second kappa shape index (κ2) is 11.8. The molecule has 4 amide bonds. The van der Waals surface area contributed by atoms with Gasteiger partial charge in [-0.1, -0.05) is 12.1 Å². The molecule has 0 unspecified atom stereocenters. The Labute approximate surface area is 255 Å². The van der Waals surface area contributed by atoms with Crippen molar-refractivity contribution in [1.29, 1.82) is 0 Å². The zero-order valence-corrected chi connectivity index (χ0v) is 25.2. The van der Waals surface area contributed by atoms with Gasteiger partial charge >= 0.3 is 6.09 Å². The minimum atomic E-state index is -3.93. The Balaban J connectivity index is 0.952. The molecule has 0 radical (unpaired) electrons. The number of piperidine rings is 1. The van der Waals surface area contributed by atoms with Gasteiger partial charge in [0.05, 0.1) is 42.4 Å². The molecule has 44 heavy (non-hydrogen) atoms. The molecule has 1 saturated carbocycles. The lowest BCUT2D eigenvalue weighted by Crippen LogP contribution is -2.53. The third-order valence-corrected chi connectivity index (χ3v) is 10.3. The van der Waals surface area contributed by atoms with E-state index < -0.39 is 40.0 Å². The molecule has 14 nitrogen and oxygen atoms in total. The number of carbonyl (C=O) groups excluding carboxylic acids is 4. The van der Waals surface area contributed by atoms with E-state index in [1.165, 1.54) is 29.4 Å². The molecule has 0 atom stereocenters. The van der Waals surface area contributed by atoms with Gasteiger partial charge in [0, 0.05) is 32.7 Å². The molecule has 6 rings (SSSR count). The Hall–Kier alpha value is -4.11. The highest BCUT2D eigenvalue weighted by atomic mass is 32.2. The third kappa shape index (κ3) is 6.24. The van der Waals surface area contributed by atoms with E-state index in [1.54, 1.807) is 17.0 Å². The van der Waals surface area contributed by atoms with Gasteiger partial charge in [0.1, 0.15) is 5.60 Å². The van der Waals surface area contributed by atoms with Crippen LogP contribution in [0.25, 0.3) is 0 Å². The van der Waals surface area contributed by atoms with Crippen LogP contribution in [0, 0.1) is 5.92 Å². The van der Waals surface area contributed by atoms with Crippen LogP contribution in [-0.2, 0) is 19.6 Å². The number of nitrogens with zero attached hydrogens (tertiary/aromatic N) is 6. The van der Waals surface area contributed by atoms with E-state index in [-0.39, 0.29) is 54.2 Å². The van der Waals surface area contributed by atoms with E-state index in [2.05, 4.69) is 9.97 Å². The highest BCUT2D eigenvalue weighted by Crippen LogP contribution is 2.39. The Morgan fingerprint density at radius 2 is 1.66 bits per heavy atom. The second-order valence-corrected chi connectivity index (χ2v) is 13.9. The molecular weight excluding hydrogens is 592 g/mol. The number of piperazine rings is 1. The SMILES string of the molecule is CC1(OC(=O)N2CCC(COc3cnc(N4CCN(S(=O)(=O)CCN5C(=O)c6ccccc6C5=O)CC4=O)cn3)CC2)CC1. The number of amides is 4. The number of hydrogen-bond acceptors (Lipinski definition) is 10. The Bertz CT molecular complexity index is 1540. The van der Waals surface area contributed by atoms with Crippen molar-refractivity contribution in [2.24, 2.45) is 5.92 Å². The van der Waals surface area contributed by atoms with Gasteiger partial charge < -0.3 is 14.4 Å². The van der Waals surface area contributed by atoms with Gasteiger partial charge in [0.2, 0.25) is 21.8 Å². The standard InChI is InChI=1S/C29H34N6O8S/c1-29(8-9-29)43-28(39)32-10-6-20(7-11-32)19-42-24-17-30-23(16-31-24)34-13-12-33(18-25(34)36)44(40,41)15-14-35-26(37)21-4-2-3-5-22(21)27(35)38/h2-5,16-17,20H,6-15,18-19H2,1H3. The molecule has 2 aromatic rings. The fraction of sp³-hybridized carbons (Fsp3) is 0.517. The Kier molecular flexibility index (Phi) is 8.01. The fourth-order valence-corrected chi connectivity index (χ4v) is 6.81. The summed E-state index contributed by atoms with van der Waals surface area (Å²) < 4.78 is 38.4. The maximum Gasteiger partial charge on any atom is 0.410 e. The number of fused-ring (bicyclic) bond motifs is 1. The van der Waals surface area contributed by atoms with Crippen LogP contribution < -0.4 is 9.64 Å². The largest absolute Gasteiger partial charge is 0.476 e. The van der Waals surface area contributed by atoms with Crippen LogP contribution in [0.2, 0.25) is 0 Å². The van der Waals surface area contributed by atoms with E-state index in [0.717, 1.165) is 34.9 Å². The van der Waals surface area contributed by atoms with Gasteiger partial charge in [-0.2, -0.15) is 4.31 Å². The second-order valence-electron chi connectivity index (χ2n) is 11.8. The van der Waals surface area contributed by atoms with E-state index in [4.69, 9.17) is 9.47 Å². The number of aromatic nitrogens is 2. The number of carbonyl (C=O) groups is 4. The monoisotopic (exact) mass is 626 g/mol. The van der Waals surface area contributed by atoms with Gasteiger partial charge in [0.25, 0.3) is 11.8 Å². The van der Waals surface area contributed by atoms with Gasteiger partial charge in [-0.3, -0.25) is 24.2 Å². The first-order valence-electron chi connectivity index (χ1n) is 14.7. The minimum absolute atomic E-state index is 0.0294. The highest BCUT2D eigenvalue weighted by molar-refractivity contribution is 7.89. The zero-order valence-electron chi connectivity index (χ0n) is 24.4. The number of benzene rings is 1. The van der Waals surface area contributed by atoms with Crippen LogP contribution in [-0.4, -0.2) is 114 Å². The van der Waals surface area contributed by atoms with E-state index in [9.17, 15) is 27.6 Å². The van der Waals surface area contributed by atoms with Gasteiger partial charge in [-0.05, 0) is 50.7 Å². The predicted molar refractivity (Wildman–Crippen MR) is 155 cm³/mol. The van der Waals surface area contributed by atoms with Crippen LogP contribution in [0.1, 0.15) is 53.3 Å². The molecule has 3 aliphatic heterocycles. The highest BCUT2D eigenvalue weighted by Gasteiger charge is 2.43. The predicted octanol–water partition coefficient (Wildman–Crippen LogP) is 1.53. The van der Waals surface area contributed by atoms with Crippen molar-refractivity contribution < 1.29 is 37.1 Å². The van der Waals surface area contributed by atoms with Crippen LogP contribution in [0.15, 0.2) is 36.7 Å². The number of hydrogen-bond donors (Lipinski definition) is 0. The molecule has 0 N–H and O–H groups in total. The first-order chi connectivity index (χ1) is 21.0. The van der Waals surface area contributed by atoms with Crippen molar-refractivity contribution in [3.63, 3.8) is 0 Å².